The van der Waals surface area contributed by atoms with Crippen LogP contribution in [-0.2, 0) is 10.2 Å². The average Bonchev–Trinajstić information content (AvgIpc) is 2.78. The molecule has 0 radical (unpaired) electrons. The summed E-state index contributed by atoms with van der Waals surface area (Å²) >= 11 is 0.878. The van der Waals surface area contributed by atoms with Crippen molar-refractivity contribution in [1.29, 1.82) is 15.9 Å². The summed E-state index contributed by atoms with van der Waals surface area (Å²) in [5, 5.41) is 27.5. The zero-order valence-corrected chi connectivity index (χ0v) is 13.1. The van der Waals surface area contributed by atoms with Crippen LogP contribution in [0.5, 0.6) is 0 Å². The number of benzene rings is 1. The number of anilines is 1. The largest absolute Gasteiger partial charge is 0.392 e. The molecule has 0 saturated heterocycles. The molecular formula is C16H13N5OS. The Morgan fingerprint density at radius 3 is 2.74 bits per heavy atom. The second kappa shape index (κ2) is 5.15. The van der Waals surface area contributed by atoms with Crippen LogP contribution in [0.4, 0.5) is 5.69 Å². The van der Waals surface area contributed by atoms with Crippen LogP contribution in [0.25, 0.3) is 0 Å². The van der Waals surface area contributed by atoms with E-state index in [1.54, 1.807) is 29.2 Å². The van der Waals surface area contributed by atoms with E-state index in [9.17, 15) is 15.3 Å². The fourth-order valence-corrected chi connectivity index (χ4v) is 4.27. The highest BCUT2D eigenvalue weighted by Gasteiger charge is 2.62. The van der Waals surface area contributed by atoms with Crippen LogP contribution in [-0.4, -0.2) is 17.5 Å². The standard InChI is InChI=1S/C16H13N5OS/c1-2-21-12-6-4-3-5-9(12)16(15(21)22)10(7-17)13(19)23-14(20)11(16)8-18/h3-6,10,19H,2,20H2,1H3/t10-,16+/m1/s1. The number of nitriles is 2. The Balaban J connectivity index is 2.45. The number of carbonyl (C=O) groups is 1. The maximum atomic E-state index is 13.2. The van der Waals surface area contributed by atoms with E-state index >= 15 is 0 Å². The van der Waals surface area contributed by atoms with Gasteiger partial charge in [0.2, 0.25) is 5.91 Å². The van der Waals surface area contributed by atoms with E-state index in [2.05, 4.69) is 6.07 Å². The van der Waals surface area contributed by atoms with Crippen molar-refractivity contribution >= 4 is 28.4 Å². The van der Waals surface area contributed by atoms with Gasteiger partial charge in [-0.1, -0.05) is 30.0 Å². The highest BCUT2D eigenvalue weighted by atomic mass is 32.2. The van der Waals surface area contributed by atoms with Crippen molar-refractivity contribution in [1.82, 2.24) is 0 Å². The number of thioether (sulfide) groups is 1. The lowest BCUT2D eigenvalue weighted by atomic mass is 9.66. The monoisotopic (exact) mass is 323 g/mol. The van der Waals surface area contributed by atoms with Crippen LogP contribution in [0.2, 0.25) is 0 Å². The molecule has 0 bridgehead atoms. The van der Waals surface area contributed by atoms with Gasteiger partial charge in [-0.2, -0.15) is 10.5 Å². The summed E-state index contributed by atoms with van der Waals surface area (Å²) in [5.41, 5.74) is 5.75. The Morgan fingerprint density at radius 2 is 2.13 bits per heavy atom. The van der Waals surface area contributed by atoms with E-state index in [0.717, 1.165) is 11.8 Å². The Morgan fingerprint density at radius 1 is 1.43 bits per heavy atom. The Bertz CT molecular complexity index is 847. The number of para-hydroxylation sites is 1. The van der Waals surface area contributed by atoms with Gasteiger partial charge in [0, 0.05) is 12.2 Å². The number of likely N-dealkylation sites (N-methyl/N-ethyl adjacent to an activating group) is 1. The van der Waals surface area contributed by atoms with Crippen LogP contribution < -0.4 is 10.6 Å². The molecule has 2 atom stereocenters. The van der Waals surface area contributed by atoms with Crippen molar-refractivity contribution in [3.8, 4) is 12.1 Å². The summed E-state index contributed by atoms with van der Waals surface area (Å²) in [6.45, 7) is 2.24. The molecule has 3 N–H and O–H groups in total. The molecule has 0 fully saturated rings. The van der Waals surface area contributed by atoms with Gasteiger partial charge >= 0.3 is 0 Å². The molecule has 1 amide bonds. The van der Waals surface area contributed by atoms with Crippen LogP contribution in [0.3, 0.4) is 0 Å². The van der Waals surface area contributed by atoms with Crippen molar-refractivity contribution in [2.45, 2.75) is 12.3 Å². The van der Waals surface area contributed by atoms with Gasteiger partial charge < -0.3 is 10.6 Å². The number of rotatable bonds is 1. The number of carbonyl (C=O) groups excluding carboxylic acids is 1. The van der Waals surface area contributed by atoms with E-state index in [1.807, 2.05) is 13.0 Å². The Kier molecular flexibility index (Phi) is 3.39. The third-order valence-corrected chi connectivity index (χ3v) is 5.19. The normalized spacial score (nSPS) is 26.2. The summed E-state index contributed by atoms with van der Waals surface area (Å²) in [6, 6.07) is 11.2. The first-order valence-electron chi connectivity index (χ1n) is 7.01. The number of hydrogen-bond donors (Lipinski definition) is 2. The molecule has 0 aromatic heterocycles. The third-order valence-electron chi connectivity index (χ3n) is 4.32. The van der Waals surface area contributed by atoms with Gasteiger partial charge in [0.25, 0.3) is 0 Å². The fraction of sp³-hybridized carbons (Fsp3) is 0.250. The molecule has 1 spiro atoms. The number of nitrogens with one attached hydrogen (secondary N) is 1. The molecule has 0 saturated carbocycles. The second-order valence-corrected chi connectivity index (χ2v) is 6.34. The maximum absolute atomic E-state index is 13.2. The first kappa shape index (κ1) is 15.1. The summed E-state index contributed by atoms with van der Waals surface area (Å²) in [7, 11) is 0. The molecule has 2 aliphatic heterocycles. The lowest BCUT2D eigenvalue weighted by Crippen LogP contribution is -2.51. The van der Waals surface area contributed by atoms with Gasteiger partial charge in [-0.15, -0.1) is 0 Å². The van der Waals surface area contributed by atoms with Gasteiger partial charge in [-0.3, -0.25) is 10.2 Å². The number of amides is 1. The molecule has 1 aromatic carbocycles. The van der Waals surface area contributed by atoms with Gasteiger partial charge in [0.1, 0.15) is 11.3 Å². The molecule has 114 valence electrons. The third kappa shape index (κ3) is 1.68. The summed E-state index contributed by atoms with van der Waals surface area (Å²) in [6.07, 6.45) is 0. The Labute approximate surface area is 137 Å². The van der Waals surface area contributed by atoms with Crippen molar-refractivity contribution in [3.05, 3.63) is 40.4 Å². The summed E-state index contributed by atoms with van der Waals surface area (Å²) in [5.74, 6) is -1.42. The molecule has 6 nitrogen and oxygen atoms in total. The first-order chi connectivity index (χ1) is 11.0. The van der Waals surface area contributed by atoms with Crippen LogP contribution >= 0.6 is 11.8 Å². The average molecular weight is 323 g/mol. The quantitative estimate of drug-likeness (QED) is 0.817. The fourth-order valence-electron chi connectivity index (χ4n) is 3.38. The van der Waals surface area contributed by atoms with Crippen molar-refractivity contribution in [3.63, 3.8) is 0 Å². The van der Waals surface area contributed by atoms with Gasteiger partial charge in [0.05, 0.1) is 27.8 Å². The zero-order chi connectivity index (χ0) is 16.8. The molecule has 0 unspecified atom stereocenters. The molecule has 1 aromatic rings. The van der Waals surface area contributed by atoms with E-state index in [4.69, 9.17) is 11.1 Å². The second-order valence-electron chi connectivity index (χ2n) is 5.25. The van der Waals surface area contributed by atoms with Gasteiger partial charge in [0.15, 0.2) is 0 Å². The van der Waals surface area contributed by atoms with E-state index in [1.165, 1.54) is 0 Å². The first-order valence-corrected chi connectivity index (χ1v) is 7.83. The summed E-state index contributed by atoms with van der Waals surface area (Å²) in [4.78, 5) is 14.8. The SMILES string of the molecule is CCN1C(=O)[C@@]2(C(C#N)=C(N)SC(=N)[C@H]2C#N)c2ccccc21. The van der Waals surface area contributed by atoms with Gasteiger partial charge in [-0.25, -0.2) is 0 Å². The zero-order valence-electron chi connectivity index (χ0n) is 12.3. The highest BCUT2D eigenvalue weighted by Crippen LogP contribution is 2.55. The molecule has 3 rings (SSSR count). The van der Waals surface area contributed by atoms with E-state index < -0.39 is 11.3 Å². The molecule has 0 aliphatic carbocycles. The minimum atomic E-state index is -1.51. The molecule has 2 heterocycles. The molecule has 23 heavy (non-hydrogen) atoms. The Hall–Kier alpha value is -2.77. The molecular weight excluding hydrogens is 310 g/mol. The van der Waals surface area contributed by atoms with Crippen LogP contribution in [0.1, 0.15) is 12.5 Å². The number of fused-ring (bicyclic) bond motifs is 2. The topological polar surface area (TPSA) is 118 Å². The smallest absolute Gasteiger partial charge is 0.244 e. The highest BCUT2D eigenvalue weighted by molar-refractivity contribution is 8.17. The minimum absolute atomic E-state index is 0.00916. The number of hydrogen-bond acceptors (Lipinski definition) is 6. The van der Waals surface area contributed by atoms with Crippen molar-refractivity contribution in [2.75, 3.05) is 11.4 Å². The van der Waals surface area contributed by atoms with Crippen molar-refractivity contribution < 1.29 is 4.79 Å². The van der Waals surface area contributed by atoms with E-state index in [0.29, 0.717) is 17.8 Å². The van der Waals surface area contributed by atoms with E-state index in [-0.39, 0.29) is 21.6 Å². The predicted octanol–water partition coefficient (Wildman–Crippen LogP) is 1.85. The van der Waals surface area contributed by atoms with Gasteiger partial charge in [-0.05, 0) is 18.6 Å². The van der Waals surface area contributed by atoms with Crippen molar-refractivity contribution in [2.24, 2.45) is 11.7 Å². The minimum Gasteiger partial charge on any atom is -0.392 e. The summed E-state index contributed by atoms with van der Waals surface area (Å²) < 4.78 is 0. The molecule has 7 heteroatoms. The lowest BCUT2D eigenvalue weighted by Gasteiger charge is -2.36. The van der Waals surface area contributed by atoms with Crippen LogP contribution in [0, 0.1) is 34.0 Å². The number of nitrogens with two attached hydrogens (primary N) is 1. The predicted molar refractivity (Wildman–Crippen MR) is 87.4 cm³/mol. The lowest BCUT2D eigenvalue weighted by molar-refractivity contribution is -0.122. The van der Waals surface area contributed by atoms with Crippen LogP contribution in [0.15, 0.2) is 34.9 Å². The molecule has 2 aliphatic rings. The maximum Gasteiger partial charge on any atom is 0.244 e. The number of nitrogens with zero attached hydrogens (tertiary/aromatic N) is 3.